The van der Waals surface area contributed by atoms with Gasteiger partial charge >= 0.3 is 0 Å². The molecule has 0 unspecified atom stereocenters. The van der Waals surface area contributed by atoms with Crippen molar-refractivity contribution in [2.75, 3.05) is 24.5 Å². The highest BCUT2D eigenvalue weighted by molar-refractivity contribution is 5.94. The minimum absolute atomic E-state index is 0.820. The molecule has 0 fully saturated rings. The number of anilines is 1. The van der Waals surface area contributed by atoms with E-state index in [1.54, 1.807) is 0 Å². The normalized spacial score (nSPS) is 10.9. The second kappa shape index (κ2) is 7.91. The Bertz CT molecular complexity index is 516. The summed E-state index contributed by atoms with van der Waals surface area (Å²) in [6.45, 7) is 5.25. The van der Waals surface area contributed by atoms with Crippen molar-refractivity contribution in [2.45, 2.75) is 32.6 Å². The van der Waals surface area contributed by atoms with Crippen LogP contribution in [0.4, 0.5) is 5.69 Å². The van der Waals surface area contributed by atoms with E-state index in [0.29, 0.717) is 0 Å². The molecule has 2 N–H and O–H groups in total. The van der Waals surface area contributed by atoms with E-state index in [1.807, 2.05) is 0 Å². The summed E-state index contributed by atoms with van der Waals surface area (Å²) in [4.78, 5) is 2.49. The molecule has 0 aliphatic heterocycles. The van der Waals surface area contributed by atoms with Crippen molar-refractivity contribution in [3.05, 3.63) is 42.5 Å². The average molecular weight is 270 g/mol. The third-order valence-corrected chi connectivity index (χ3v) is 3.87. The second-order valence-electron chi connectivity index (χ2n) is 5.28. The van der Waals surface area contributed by atoms with Crippen LogP contribution < -0.4 is 10.6 Å². The zero-order valence-corrected chi connectivity index (χ0v) is 12.5. The van der Waals surface area contributed by atoms with Crippen molar-refractivity contribution in [3.63, 3.8) is 0 Å². The molecule has 0 aliphatic carbocycles. The largest absolute Gasteiger partial charge is 0.371 e. The van der Waals surface area contributed by atoms with Gasteiger partial charge in [-0.2, -0.15) is 0 Å². The number of unbranched alkanes of at least 4 members (excludes halogenated alkanes) is 3. The number of rotatable bonds is 8. The molecule has 0 amide bonds. The van der Waals surface area contributed by atoms with Crippen molar-refractivity contribution in [2.24, 2.45) is 5.73 Å². The summed E-state index contributed by atoms with van der Waals surface area (Å²) < 4.78 is 0. The van der Waals surface area contributed by atoms with Crippen LogP contribution in [-0.4, -0.2) is 19.6 Å². The van der Waals surface area contributed by atoms with Crippen molar-refractivity contribution in [3.8, 4) is 0 Å². The first-order chi connectivity index (χ1) is 9.86. The van der Waals surface area contributed by atoms with Crippen molar-refractivity contribution < 1.29 is 0 Å². The Morgan fingerprint density at radius 3 is 2.45 bits per heavy atom. The third kappa shape index (κ3) is 3.73. The van der Waals surface area contributed by atoms with Gasteiger partial charge in [0.2, 0.25) is 0 Å². The molecule has 108 valence electrons. The van der Waals surface area contributed by atoms with Gasteiger partial charge in [-0.1, -0.05) is 49.2 Å². The van der Waals surface area contributed by atoms with Crippen molar-refractivity contribution in [1.29, 1.82) is 0 Å². The highest BCUT2D eigenvalue weighted by atomic mass is 15.1. The Morgan fingerprint density at radius 2 is 1.65 bits per heavy atom. The molecule has 2 rings (SSSR count). The first kappa shape index (κ1) is 14.9. The van der Waals surface area contributed by atoms with Gasteiger partial charge in [0.05, 0.1) is 0 Å². The molecular weight excluding hydrogens is 244 g/mol. The zero-order chi connectivity index (χ0) is 14.2. The lowest BCUT2D eigenvalue weighted by atomic mass is 10.1. The molecule has 0 radical (unpaired) electrons. The van der Waals surface area contributed by atoms with Crippen LogP contribution >= 0.6 is 0 Å². The quantitative estimate of drug-likeness (QED) is 0.729. The second-order valence-corrected chi connectivity index (χ2v) is 5.28. The van der Waals surface area contributed by atoms with E-state index in [0.717, 1.165) is 26.1 Å². The smallest absolute Gasteiger partial charge is 0.0445 e. The maximum Gasteiger partial charge on any atom is 0.0445 e. The molecule has 0 spiro atoms. The monoisotopic (exact) mass is 270 g/mol. The van der Waals surface area contributed by atoms with Gasteiger partial charge in [0.15, 0.2) is 0 Å². The number of hydrogen-bond acceptors (Lipinski definition) is 2. The summed E-state index contributed by atoms with van der Waals surface area (Å²) in [7, 11) is 0. The van der Waals surface area contributed by atoms with Gasteiger partial charge in [-0.15, -0.1) is 0 Å². The maximum absolute atomic E-state index is 5.54. The van der Waals surface area contributed by atoms with E-state index < -0.39 is 0 Å². The summed E-state index contributed by atoms with van der Waals surface area (Å²) >= 11 is 0. The molecular formula is C18H26N2. The standard InChI is InChI=1S/C18H26N2/c1-2-20(15-8-4-3-7-14-19)18-13-9-11-16-10-5-6-12-17(16)18/h5-6,9-13H,2-4,7-8,14-15,19H2,1H3. The Hall–Kier alpha value is -1.54. The topological polar surface area (TPSA) is 29.3 Å². The molecule has 0 bridgehead atoms. The Balaban J connectivity index is 2.05. The van der Waals surface area contributed by atoms with Gasteiger partial charge in [-0.3, -0.25) is 0 Å². The molecule has 20 heavy (non-hydrogen) atoms. The predicted molar refractivity (Wildman–Crippen MR) is 89.4 cm³/mol. The van der Waals surface area contributed by atoms with Gasteiger partial charge in [0.1, 0.15) is 0 Å². The van der Waals surface area contributed by atoms with E-state index in [9.17, 15) is 0 Å². The number of nitrogens with zero attached hydrogens (tertiary/aromatic N) is 1. The van der Waals surface area contributed by atoms with Gasteiger partial charge in [0.25, 0.3) is 0 Å². The molecule has 0 aliphatic rings. The molecule has 2 heteroatoms. The highest BCUT2D eigenvalue weighted by Crippen LogP contribution is 2.26. The summed E-state index contributed by atoms with van der Waals surface area (Å²) in [5, 5.41) is 2.69. The van der Waals surface area contributed by atoms with Gasteiger partial charge in [0, 0.05) is 24.2 Å². The minimum atomic E-state index is 0.820. The lowest BCUT2D eigenvalue weighted by Gasteiger charge is -2.24. The molecule has 0 aromatic heterocycles. The average Bonchev–Trinajstić information content (AvgIpc) is 2.51. The molecule has 0 heterocycles. The van der Waals surface area contributed by atoms with E-state index in [1.165, 1.54) is 35.7 Å². The van der Waals surface area contributed by atoms with Crippen LogP contribution in [0.15, 0.2) is 42.5 Å². The minimum Gasteiger partial charge on any atom is -0.371 e. The Kier molecular flexibility index (Phi) is 5.87. The fourth-order valence-electron chi connectivity index (χ4n) is 2.73. The molecule has 2 nitrogen and oxygen atoms in total. The SMILES string of the molecule is CCN(CCCCCCN)c1cccc2ccccc12. The van der Waals surface area contributed by atoms with E-state index in [-0.39, 0.29) is 0 Å². The molecule has 2 aromatic rings. The van der Waals surface area contributed by atoms with Crippen molar-refractivity contribution >= 4 is 16.5 Å². The van der Waals surface area contributed by atoms with Gasteiger partial charge in [-0.25, -0.2) is 0 Å². The Labute approximate surface area is 122 Å². The molecule has 2 aromatic carbocycles. The third-order valence-electron chi connectivity index (χ3n) is 3.87. The highest BCUT2D eigenvalue weighted by Gasteiger charge is 2.07. The number of fused-ring (bicyclic) bond motifs is 1. The number of hydrogen-bond donors (Lipinski definition) is 1. The summed E-state index contributed by atoms with van der Waals surface area (Å²) in [6.07, 6.45) is 4.93. The molecule has 0 atom stereocenters. The zero-order valence-electron chi connectivity index (χ0n) is 12.5. The first-order valence-electron chi connectivity index (χ1n) is 7.79. The van der Waals surface area contributed by atoms with Crippen molar-refractivity contribution in [1.82, 2.24) is 0 Å². The molecule has 0 saturated carbocycles. The fraction of sp³-hybridized carbons (Fsp3) is 0.444. The Morgan fingerprint density at radius 1 is 0.900 bits per heavy atom. The van der Waals surface area contributed by atoms with E-state index >= 15 is 0 Å². The van der Waals surface area contributed by atoms with Crippen LogP contribution in [0.3, 0.4) is 0 Å². The van der Waals surface area contributed by atoms with E-state index in [2.05, 4.69) is 54.3 Å². The first-order valence-corrected chi connectivity index (χ1v) is 7.79. The fourth-order valence-corrected chi connectivity index (χ4v) is 2.73. The summed E-state index contributed by atoms with van der Waals surface area (Å²) in [5.41, 5.74) is 6.90. The van der Waals surface area contributed by atoms with Crippen LogP contribution in [0, 0.1) is 0 Å². The van der Waals surface area contributed by atoms with Crippen LogP contribution in [0.1, 0.15) is 32.6 Å². The summed E-state index contributed by atoms with van der Waals surface area (Å²) in [5.74, 6) is 0. The lowest BCUT2D eigenvalue weighted by molar-refractivity contribution is 0.634. The van der Waals surface area contributed by atoms with Crippen LogP contribution in [0.25, 0.3) is 10.8 Å². The predicted octanol–water partition coefficient (Wildman–Crippen LogP) is 4.19. The van der Waals surface area contributed by atoms with E-state index in [4.69, 9.17) is 5.73 Å². The van der Waals surface area contributed by atoms with Crippen LogP contribution in [0.2, 0.25) is 0 Å². The summed E-state index contributed by atoms with van der Waals surface area (Å²) in [6, 6.07) is 15.2. The number of benzene rings is 2. The maximum atomic E-state index is 5.54. The molecule has 0 saturated heterocycles. The lowest BCUT2D eigenvalue weighted by Crippen LogP contribution is -2.24. The van der Waals surface area contributed by atoms with Crippen LogP contribution in [-0.2, 0) is 0 Å². The van der Waals surface area contributed by atoms with Crippen LogP contribution in [0.5, 0.6) is 0 Å². The number of nitrogens with two attached hydrogens (primary N) is 1. The van der Waals surface area contributed by atoms with Gasteiger partial charge in [-0.05, 0) is 37.8 Å². The van der Waals surface area contributed by atoms with Gasteiger partial charge < -0.3 is 10.6 Å².